The first kappa shape index (κ1) is 22.2. The molecule has 1 amide bonds. The molecule has 0 unspecified atom stereocenters. The Labute approximate surface area is 180 Å². The van der Waals surface area contributed by atoms with Crippen molar-refractivity contribution < 1.29 is 14.3 Å². The molecular weight excluding hydrogens is 394 g/mol. The van der Waals surface area contributed by atoms with E-state index in [9.17, 15) is 14.4 Å². The fourth-order valence-corrected chi connectivity index (χ4v) is 3.50. The van der Waals surface area contributed by atoms with Crippen molar-refractivity contribution in [2.45, 2.75) is 53.2 Å². The number of fused-ring (bicyclic) bond motifs is 1. The molecule has 2 aromatic carbocycles. The largest absolute Gasteiger partial charge is 0.459 e. The Balaban J connectivity index is 1.83. The van der Waals surface area contributed by atoms with Crippen molar-refractivity contribution in [3.8, 4) is 0 Å². The van der Waals surface area contributed by atoms with E-state index in [-0.39, 0.29) is 23.1 Å². The third kappa shape index (κ3) is 4.66. The van der Waals surface area contributed by atoms with Gasteiger partial charge in [-0.3, -0.25) is 14.4 Å². The van der Waals surface area contributed by atoms with E-state index >= 15 is 0 Å². The number of carbonyl (C=O) groups excluding carboxylic acids is 2. The highest BCUT2D eigenvalue weighted by atomic mass is 16.5. The summed E-state index contributed by atoms with van der Waals surface area (Å²) in [6.45, 7) is 10.1. The lowest BCUT2D eigenvalue weighted by molar-refractivity contribution is -0.146. The molecule has 0 spiro atoms. The first-order chi connectivity index (χ1) is 14.5. The molecule has 0 aliphatic rings. The summed E-state index contributed by atoms with van der Waals surface area (Å²) in [6, 6.07) is 10.7. The molecule has 0 atom stereocenters. The number of aryl methyl sites for hydroxylation is 2. The Morgan fingerprint density at radius 3 is 2.19 bits per heavy atom. The number of benzene rings is 2. The highest BCUT2D eigenvalue weighted by Crippen LogP contribution is 2.27. The monoisotopic (exact) mass is 421 g/mol. The summed E-state index contributed by atoms with van der Waals surface area (Å²) >= 11 is 0. The minimum absolute atomic E-state index is 0.0196. The maximum atomic E-state index is 12.7. The van der Waals surface area contributed by atoms with Crippen LogP contribution in [0.25, 0.3) is 10.8 Å². The van der Waals surface area contributed by atoms with E-state index in [1.54, 1.807) is 24.3 Å². The quantitative estimate of drug-likeness (QED) is 0.637. The van der Waals surface area contributed by atoms with Gasteiger partial charge in [-0.25, -0.2) is 4.68 Å². The average molecular weight is 421 g/mol. The minimum Gasteiger partial charge on any atom is -0.459 e. The van der Waals surface area contributed by atoms with Crippen LogP contribution in [0.5, 0.6) is 0 Å². The fourth-order valence-electron chi connectivity index (χ4n) is 3.50. The highest BCUT2D eigenvalue weighted by molar-refractivity contribution is 6.04. The zero-order chi connectivity index (χ0) is 22.9. The molecule has 0 aliphatic heterocycles. The second-order valence-electron chi connectivity index (χ2n) is 8.72. The zero-order valence-electron chi connectivity index (χ0n) is 18.5. The predicted molar refractivity (Wildman–Crippen MR) is 119 cm³/mol. The second-order valence-corrected chi connectivity index (χ2v) is 8.72. The van der Waals surface area contributed by atoms with Crippen molar-refractivity contribution in [1.82, 2.24) is 9.78 Å². The summed E-state index contributed by atoms with van der Waals surface area (Å²) in [4.78, 5) is 36.9. The molecule has 0 saturated heterocycles. The lowest BCUT2D eigenvalue weighted by atomic mass is 9.84. The van der Waals surface area contributed by atoms with E-state index in [2.05, 4.69) is 38.0 Å². The van der Waals surface area contributed by atoms with Gasteiger partial charge in [0.25, 0.3) is 11.5 Å². The lowest BCUT2D eigenvalue weighted by Gasteiger charge is -2.22. The topological polar surface area (TPSA) is 104 Å². The fraction of sp³-hybridized carbons (Fsp3) is 0.333. The summed E-state index contributed by atoms with van der Waals surface area (Å²) in [5.41, 5.74) is 9.09. The van der Waals surface area contributed by atoms with E-state index in [4.69, 9.17) is 10.5 Å². The smallest absolute Gasteiger partial charge is 0.328 e. The average Bonchev–Trinajstić information content (AvgIpc) is 2.68. The number of ether oxygens (including phenoxy) is 1. The number of hydrogen-bond donors (Lipinski definition) is 1. The van der Waals surface area contributed by atoms with Crippen molar-refractivity contribution in [2.24, 2.45) is 5.73 Å². The van der Waals surface area contributed by atoms with Crippen molar-refractivity contribution in [3.63, 3.8) is 0 Å². The lowest BCUT2D eigenvalue weighted by Crippen LogP contribution is -2.31. The predicted octanol–water partition coefficient (Wildman–Crippen LogP) is 3.15. The van der Waals surface area contributed by atoms with Gasteiger partial charge in [0, 0.05) is 5.39 Å². The maximum absolute atomic E-state index is 12.7. The molecule has 3 aromatic rings. The molecule has 7 heteroatoms. The first-order valence-electron chi connectivity index (χ1n) is 10.0. The van der Waals surface area contributed by atoms with Gasteiger partial charge in [0.1, 0.15) is 13.2 Å². The Bertz CT molecular complexity index is 1210. The molecule has 0 radical (unpaired) electrons. The number of aromatic nitrogens is 2. The number of nitrogens with zero attached hydrogens (tertiary/aromatic N) is 2. The molecule has 0 saturated carbocycles. The van der Waals surface area contributed by atoms with Gasteiger partial charge < -0.3 is 10.5 Å². The second kappa shape index (κ2) is 8.34. The van der Waals surface area contributed by atoms with Gasteiger partial charge in [0.2, 0.25) is 0 Å². The van der Waals surface area contributed by atoms with E-state index < -0.39 is 24.0 Å². The Morgan fingerprint density at radius 2 is 1.65 bits per heavy atom. The van der Waals surface area contributed by atoms with Crippen LogP contribution in [0.2, 0.25) is 0 Å². The van der Waals surface area contributed by atoms with Gasteiger partial charge in [0.05, 0.1) is 5.39 Å². The molecular formula is C24H27N3O4. The van der Waals surface area contributed by atoms with Crippen molar-refractivity contribution in [3.05, 3.63) is 74.7 Å². The van der Waals surface area contributed by atoms with E-state index in [1.165, 1.54) is 5.56 Å². The third-order valence-electron chi connectivity index (χ3n) is 5.32. The number of rotatable bonds is 5. The number of primary amides is 1. The summed E-state index contributed by atoms with van der Waals surface area (Å²) < 4.78 is 6.36. The number of nitrogens with two attached hydrogens (primary N) is 1. The minimum atomic E-state index is -0.775. The molecule has 3 rings (SSSR count). The van der Waals surface area contributed by atoms with Crippen LogP contribution in [0.15, 0.2) is 41.2 Å². The van der Waals surface area contributed by atoms with Gasteiger partial charge in [-0.05, 0) is 47.6 Å². The molecule has 162 valence electrons. The van der Waals surface area contributed by atoms with Crippen LogP contribution in [0, 0.1) is 13.8 Å². The van der Waals surface area contributed by atoms with E-state index in [0.717, 1.165) is 21.4 Å². The van der Waals surface area contributed by atoms with Gasteiger partial charge in [-0.15, -0.1) is 0 Å². The van der Waals surface area contributed by atoms with Crippen LogP contribution in [-0.2, 0) is 28.1 Å². The number of hydrogen-bond acceptors (Lipinski definition) is 5. The molecule has 0 bridgehead atoms. The van der Waals surface area contributed by atoms with E-state index in [0.29, 0.717) is 5.39 Å². The number of carbonyl (C=O) groups is 2. The Morgan fingerprint density at radius 1 is 1.06 bits per heavy atom. The Hall–Kier alpha value is -3.48. The summed E-state index contributed by atoms with van der Waals surface area (Å²) in [6.07, 6.45) is 0. The normalized spacial score (nSPS) is 11.5. The molecule has 0 aliphatic carbocycles. The summed E-state index contributed by atoms with van der Waals surface area (Å²) in [7, 11) is 0. The molecule has 0 fully saturated rings. The molecule has 7 nitrogen and oxygen atoms in total. The first-order valence-corrected chi connectivity index (χ1v) is 10.0. The Kier molecular flexibility index (Phi) is 5.97. The van der Waals surface area contributed by atoms with Crippen LogP contribution in [0.1, 0.15) is 53.5 Å². The van der Waals surface area contributed by atoms with Gasteiger partial charge in [-0.2, -0.15) is 5.10 Å². The summed E-state index contributed by atoms with van der Waals surface area (Å²) in [5.74, 6) is -1.40. The van der Waals surface area contributed by atoms with Crippen molar-refractivity contribution >= 4 is 22.6 Å². The number of amides is 1. The third-order valence-corrected chi connectivity index (χ3v) is 5.32. The number of esters is 1. The van der Waals surface area contributed by atoms with E-state index in [1.807, 2.05) is 13.8 Å². The molecule has 31 heavy (non-hydrogen) atoms. The summed E-state index contributed by atoms with van der Waals surface area (Å²) in [5, 5.41) is 4.62. The SMILES string of the molecule is Cc1cc(C(C)(C)C)cc(C)c1COC(=O)Cn1nc(C(N)=O)c2ccccc2c1=O. The zero-order valence-corrected chi connectivity index (χ0v) is 18.5. The van der Waals surface area contributed by atoms with Crippen LogP contribution in [0.4, 0.5) is 0 Å². The molecule has 1 heterocycles. The van der Waals surface area contributed by atoms with Gasteiger partial charge in [0.15, 0.2) is 5.69 Å². The van der Waals surface area contributed by atoms with Crippen molar-refractivity contribution in [1.29, 1.82) is 0 Å². The standard InChI is InChI=1S/C24H27N3O4/c1-14-10-16(24(3,4)5)11-15(2)19(14)13-31-20(28)12-27-23(30)18-9-7-6-8-17(18)21(26-27)22(25)29/h6-11H,12-13H2,1-5H3,(H2,25,29). The van der Waals surface area contributed by atoms with Crippen LogP contribution in [-0.4, -0.2) is 21.7 Å². The highest BCUT2D eigenvalue weighted by Gasteiger charge is 2.19. The van der Waals surface area contributed by atoms with Crippen molar-refractivity contribution in [2.75, 3.05) is 0 Å². The maximum Gasteiger partial charge on any atom is 0.328 e. The van der Waals surface area contributed by atoms with Crippen LogP contribution >= 0.6 is 0 Å². The molecule has 1 aromatic heterocycles. The van der Waals surface area contributed by atoms with Crippen LogP contribution < -0.4 is 11.3 Å². The van der Waals surface area contributed by atoms with Crippen LogP contribution in [0.3, 0.4) is 0 Å². The molecule has 2 N–H and O–H groups in total. The van der Waals surface area contributed by atoms with Gasteiger partial charge in [-0.1, -0.05) is 51.1 Å². The van der Waals surface area contributed by atoms with Gasteiger partial charge >= 0.3 is 5.97 Å².